The van der Waals surface area contributed by atoms with Gasteiger partial charge in [0.05, 0.1) is 17.2 Å². The summed E-state index contributed by atoms with van der Waals surface area (Å²) in [6.45, 7) is 1.75. The number of methoxy groups -OCH3 is 1. The van der Waals surface area contributed by atoms with Crippen molar-refractivity contribution in [2.75, 3.05) is 13.7 Å². The second-order valence-electron chi connectivity index (χ2n) is 4.13. The molecule has 0 aliphatic carbocycles. The van der Waals surface area contributed by atoms with Gasteiger partial charge in [0.25, 0.3) is 15.0 Å². The molecule has 0 spiro atoms. The van der Waals surface area contributed by atoms with Crippen molar-refractivity contribution in [1.29, 1.82) is 0 Å². The topological polar surface area (TPSA) is 72.5 Å². The number of hydrogen-bond donors (Lipinski definition) is 1. The highest BCUT2D eigenvalue weighted by Crippen LogP contribution is 2.32. The van der Waals surface area contributed by atoms with Crippen LogP contribution in [-0.2, 0) is 13.8 Å². The van der Waals surface area contributed by atoms with Crippen LogP contribution in [0.5, 0.6) is 0 Å². The molecule has 1 unspecified atom stereocenters. The number of carbonyl (C=O) groups is 1. The largest absolute Gasteiger partial charge is 0.383 e. The molecule has 5 nitrogen and oxygen atoms in total. The monoisotopic (exact) mass is 361 g/mol. The lowest BCUT2D eigenvalue weighted by atomic mass is 10.2. The van der Waals surface area contributed by atoms with Gasteiger partial charge in [0, 0.05) is 23.8 Å². The fourth-order valence-corrected chi connectivity index (χ4v) is 3.27. The minimum absolute atomic E-state index is 0.160. The van der Waals surface area contributed by atoms with Crippen LogP contribution in [-0.4, -0.2) is 34.1 Å². The number of rotatable bonds is 5. The first-order chi connectivity index (χ1) is 9.59. The average Bonchev–Trinajstić information content (AvgIpc) is 2.32. The predicted octanol–water partition coefficient (Wildman–Crippen LogP) is 2.31. The van der Waals surface area contributed by atoms with Gasteiger partial charge in [-0.25, -0.2) is 17.2 Å². The van der Waals surface area contributed by atoms with Crippen LogP contribution in [0.3, 0.4) is 0 Å². The summed E-state index contributed by atoms with van der Waals surface area (Å²) in [5.74, 6) is -4.18. The summed E-state index contributed by atoms with van der Waals surface area (Å²) >= 11 is 5.66. The molecule has 1 amide bonds. The van der Waals surface area contributed by atoms with E-state index in [4.69, 9.17) is 27.0 Å². The highest BCUT2D eigenvalue weighted by Gasteiger charge is 2.29. The van der Waals surface area contributed by atoms with E-state index < -0.39 is 48.1 Å². The highest BCUT2D eigenvalue weighted by atomic mass is 35.7. The maximum Gasteiger partial charge on any atom is 0.265 e. The van der Waals surface area contributed by atoms with Gasteiger partial charge >= 0.3 is 0 Å². The number of hydrogen-bond acceptors (Lipinski definition) is 4. The Morgan fingerprint density at radius 3 is 2.52 bits per heavy atom. The van der Waals surface area contributed by atoms with Crippen molar-refractivity contribution in [3.05, 3.63) is 28.3 Å². The highest BCUT2D eigenvalue weighted by molar-refractivity contribution is 8.13. The van der Waals surface area contributed by atoms with E-state index in [0.29, 0.717) is 6.07 Å². The van der Waals surface area contributed by atoms with Crippen LogP contribution in [0.1, 0.15) is 17.3 Å². The predicted molar refractivity (Wildman–Crippen MR) is 73.2 cm³/mol. The van der Waals surface area contributed by atoms with E-state index in [1.807, 2.05) is 0 Å². The third kappa shape index (κ3) is 4.26. The lowest BCUT2D eigenvalue weighted by Gasteiger charge is -2.14. The van der Waals surface area contributed by atoms with Gasteiger partial charge in [-0.2, -0.15) is 0 Å². The van der Waals surface area contributed by atoms with E-state index in [1.54, 1.807) is 6.92 Å². The quantitative estimate of drug-likeness (QED) is 0.645. The Hall–Kier alpha value is -0.960. The van der Waals surface area contributed by atoms with Crippen LogP contribution < -0.4 is 5.32 Å². The molecule has 10 heteroatoms. The van der Waals surface area contributed by atoms with Crippen molar-refractivity contribution >= 4 is 37.2 Å². The van der Waals surface area contributed by atoms with E-state index >= 15 is 0 Å². The summed E-state index contributed by atoms with van der Waals surface area (Å²) in [6.07, 6.45) is 0. The van der Waals surface area contributed by atoms with Crippen molar-refractivity contribution in [2.45, 2.75) is 17.9 Å². The first-order valence-electron chi connectivity index (χ1n) is 5.51. The van der Waals surface area contributed by atoms with Gasteiger partial charge in [-0.05, 0) is 13.0 Å². The second-order valence-corrected chi connectivity index (χ2v) is 7.01. The van der Waals surface area contributed by atoms with Crippen LogP contribution in [0, 0.1) is 11.6 Å². The van der Waals surface area contributed by atoms with Gasteiger partial charge < -0.3 is 10.1 Å². The van der Waals surface area contributed by atoms with E-state index in [1.165, 1.54) is 7.11 Å². The third-order valence-corrected chi connectivity index (χ3v) is 4.24. The number of amides is 1. The molecule has 0 aromatic heterocycles. The molecule has 0 saturated heterocycles. The molecule has 0 bridgehead atoms. The van der Waals surface area contributed by atoms with Gasteiger partial charge in [-0.1, -0.05) is 11.6 Å². The van der Waals surface area contributed by atoms with Crippen LogP contribution in [0.15, 0.2) is 11.0 Å². The van der Waals surface area contributed by atoms with Crippen LogP contribution in [0.4, 0.5) is 8.78 Å². The number of halogens is 4. The standard InChI is InChI=1S/C11H11Cl2F2NO4S/c1-5(4-20-2)16-11(17)6-3-7(14)9(15)10(8(6)12)21(13,18)19/h3,5H,4H2,1-2H3,(H,16,17). The molecule has 1 rings (SSSR count). The van der Waals surface area contributed by atoms with E-state index in [2.05, 4.69) is 5.32 Å². The molecule has 21 heavy (non-hydrogen) atoms. The van der Waals surface area contributed by atoms with E-state index in [-0.39, 0.29) is 6.61 Å². The lowest BCUT2D eigenvalue weighted by molar-refractivity contribution is 0.0905. The molecule has 0 aliphatic heterocycles. The summed E-state index contributed by atoms with van der Waals surface area (Å²) in [5, 5.41) is 1.60. The minimum atomic E-state index is -4.66. The van der Waals surface area contributed by atoms with E-state index in [0.717, 1.165) is 0 Å². The summed E-state index contributed by atoms with van der Waals surface area (Å²) in [4.78, 5) is 10.6. The summed E-state index contributed by atoms with van der Waals surface area (Å²) in [5.41, 5.74) is -0.544. The first-order valence-corrected chi connectivity index (χ1v) is 8.20. The molecular formula is C11H11Cl2F2NO4S. The van der Waals surface area contributed by atoms with Crippen molar-refractivity contribution in [2.24, 2.45) is 0 Å². The normalized spacial score (nSPS) is 13.0. The van der Waals surface area contributed by atoms with Crippen molar-refractivity contribution in [3.8, 4) is 0 Å². The van der Waals surface area contributed by atoms with Crippen LogP contribution in [0.25, 0.3) is 0 Å². The van der Waals surface area contributed by atoms with Gasteiger partial charge in [0.2, 0.25) is 0 Å². The molecule has 1 N–H and O–H groups in total. The van der Waals surface area contributed by atoms with Crippen molar-refractivity contribution < 1.29 is 26.7 Å². The lowest BCUT2D eigenvalue weighted by Crippen LogP contribution is -2.36. The Kier molecular flexibility index (Phi) is 5.92. The molecule has 1 aromatic rings. The molecular weight excluding hydrogens is 351 g/mol. The van der Waals surface area contributed by atoms with Gasteiger partial charge in [-0.3, -0.25) is 4.79 Å². The van der Waals surface area contributed by atoms with Crippen molar-refractivity contribution in [1.82, 2.24) is 5.32 Å². The van der Waals surface area contributed by atoms with Crippen LogP contribution in [0.2, 0.25) is 5.02 Å². The Balaban J connectivity index is 3.33. The Morgan fingerprint density at radius 1 is 1.48 bits per heavy atom. The summed E-state index contributed by atoms with van der Waals surface area (Å²) < 4.78 is 54.2. The smallest absolute Gasteiger partial charge is 0.265 e. The number of carbonyl (C=O) groups excluding carboxylic acids is 1. The zero-order chi connectivity index (χ0) is 16.4. The zero-order valence-electron chi connectivity index (χ0n) is 10.9. The average molecular weight is 362 g/mol. The molecule has 118 valence electrons. The Bertz CT molecular complexity index is 667. The molecule has 1 atom stereocenters. The first kappa shape index (κ1) is 18.1. The SMILES string of the molecule is COCC(C)NC(=O)c1cc(F)c(F)c(S(=O)(=O)Cl)c1Cl. The maximum atomic E-state index is 13.5. The molecule has 0 heterocycles. The second kappa shape index (κ2) is 6.87. The van der Waals surface area contributed by atoms with Crippen molar-refractivity contribution in [3.63, 3.8) is 0 Å². The molecule has 0 fully saturated rings. The Morgan fingerprint density at radius 2 is 2.05 bits per heavy atom. The van der Waals surface area contributed by atoms with E-state index in [9.17, 15) is 22.0 Å². The third-order valence-electron chi connectivity index (χ3n) is 2.40. The number of ether oxygens (including phenoxy) is 1. The molecule has 0 radical (unpaired) electrons. The maximum absolute atomic E-state index is 13.5. The summed E-state index contributed by atoms with van der Waals surface area (Å²) in [6, 6.07) is 0.0423. The number of nitrogens with one attached hydrogen (secondary N) is 1. The molecule has 1 aromatic carbocycles. The molecule has 0 saturated carbocycles. The van der Waals surface area contributed by atoms with Crippen LogP contribution >= 0.6 is 22.3 Å². The molecule has 0 aliphatic rings. The van der Waals surface area contributed by atoms with Gasteiger partial charge in [0.15, 0.2) is 11.6 Å². The fraction of sp³-hybridized carbons (Fsp3) is 0.364. The number of benzene rings is 1. The van der Waals surface area contributed by atoms with Gasteiger partial charge in [-0.15, -0.1) is 0 Å². The van der Waals surface area contributed by atoms with Gasteiger partial charge in [0.1, 0.15) is 4.90 Å². The fourth-order valence-electron chi connectivity index (χ4n) is 1.55. The minimum Gasteiger partial charge on any atom is -0.383 e. The zero-order valence-corrected chi connectivity index (χ0v) is 13.2. The Labute approximate surface area is 129 Å². The summed E-state index contributed by atoms with van der Waals surface area (Å²) in [7, 11) is 1.75.